The van der Waals surface area contributed by atoms with Crippen molar-refractivity contribution in [2.24, 2.45) is 0 Å². The fourth-order valence-electron chi connectivity index (χ4n) is 3.65. The maximum atomic E-state index is 12.3. The predicted octanol–water partition coefficient (Wildman–Crippen LogP) is 6.35. The maximum absolute atomic E-state index is 12.3. The van der Waals surface area contributed by atoms with E-state index >= 15 is 0 Å². The van der Waals surface area contributed by atoms with Crippen LogP contribution in [0, 0.1) is 6.92 Å². The van der Waals surface area contributed by atoms with Gasteiger partial charge in [0.15, 0.2) is 0 Å². The van der Waals surface area contributed by atoms with Crippen LogP contribution in [-0.4, -0.2) is 37.8 Å². The largest absolute Gasteiger partial charge is 0.393 e. The summed E-state index contributed by atoms with van der Waals surface area (Å²) in [6.07, 6.45) is 5.69. The standard InChI is InChI=1S/C19H25NO3S.C11H16O/c1-16-12-14-19(15-13-16)24(21,22)23-20(3)17(2)8-7-11-18-9-5-4-6-10-18;1-10(12)6-5-9-11-7-3-2-4-8-11/h4-6,9-10,12-15,17H,7-8,11H2,1-3H3;2-4,7-8,10,12H,5-6,9H2,1H3. The molecule has 0 saturated carbocycles. The highest BCUT2D eigenvalue weighted by atomic mass is 32.2. The van der Waals surface area contributed by atoms with E-state index in [4.69, 9.17) is 9.39 Å². The molecule has 0 bridgehead atoms. The summed E-state index contributed by atoms with van der Waals surface area (Å²) in [4.78, 5) is 0.177. The van der Waals surface area contributed by atoms with Gasteiger partial charge in [0, 0.05) is 13.1 Å². The van der Waals surface area contributed by atoms with Gasteiger partial charge >= 0.3 is 10.1 Å². The quantitative estimate of drug-likeness (QED) is 0.287. The minimum atomic E-state index is -3.77. The van der Waals surface area contributed by atoms with Gasteiger partial charge in [0.25, 0.3) is 0 Å². The van der Waals surface area contributed by atoms with E-state index in [1.54, 1.807) is 31.3 Å². The molecule has 0 aliphatic rings. The lowest BCUT2D eigenvalue weighted by Gasteiger charge is -2.23. The van der Waals surface area contributed by atoms with Crippen LogP contribution < -0.4 is 0 Å². The number of nitrogens with zero attached hydrogens (tertiary/aromatic N) is 1. The molecular formula is C30H41NO4S. The van der Waals surface area contributed by atoms with Gasteiger partial charge in [-0.25, -0.2) is 0 Å². The van der Waals surface area contributed by atoms with Crippen LogP contribution in [0.3, 0.4) is 0 Å². The molecular weight excluding hydrogens is 470 g/mol. The highest BCUT2D eigenvalue weighted by molar-refractivity contribution is 7.86. The smallest absolute Gasteiger partial charge is 0.313 e. The number of rotatable bonds is 12. The summed E-state index contributed by atoms with van der Waals surface area (Å²) in [6, 6.07) is 27.3. The van der Waals surface area contributed by atoms with Gasteiger partial charge in [-0.1, -0.05) is 78.4 Å². The number of aliphatic hydroxyl groups excluding tert-OH is 1. The topological polar surface area (TPSA) is 66.8 Å². The second-order valence-electron chi connectivity index (χ2n) is 9.34. The third-order valence-corrected chi connectivity index (χ3v) is 7.29. The molecule has 3 rings (SSSR count). The molecule has 196 valence electrons. The summed E-state index contributed by atoms with van der Waals surface area (Å²) in [7, 11) is -2.11. The van der Waals surface area contributed by atoms with E-state index < -0.39 is 10.1 Å². The van der Waals surface area contributed by atoms with E-state index in [9.17, 15) is 8.42 Å². The zero-order valence-electron chi connectivity index (χ0n) is 22.0. The lowest BCUT2D eigenvalue weighted by molar-refractivity contribution is -0.0608. The molecule has 0 radical (unpaired) electrons. The first-order valence-electron chi connectivity index (χ1n) is 12.7. The number of hydrogen-bond donors (Lipinski definition) is 1. The van der Waals surface area contributed by atoms with E-state index in [1.165, 1.54) is 16.2 Å². The molecule has 0 amide bonds. The molecule has 2 atom stereocenters. The van der Waals surface area contributed by atoms with Crippen LogP contribution >= 0.6 is 0 Å². The van der Waals surface area contributed by atoms with Crippen molar-refractivity contribution in [2.45, 2.75) is 76.3 Å². The van der Waals surface area contributed by atoms with Gasteiger partial charge in [0.1, 0.15) is 0 Å². The van der Waals surface area contributed by atoms with Gasteiger partial charge < -0.3 is 5.11 Å². The van der Waals surface area contributed by atoms with Crippen molar-refractivity contribution in [2.75, 3.05) is 7.05 Å². The molecule has 0 aliphatic heterocycles. The molecule has 0 heterocycles. The van der Waals surface area contributed by atoms with Crippen molar-refractivity contribution in [1.29, 1.82) is 0 Å². The molecule has 1 N–H and O–H groups in total. The summed E-state index contributed by atoms with van der Waals surface area (Å²) >= 11 is 0. The van der Waals surface area contributed by atoms with Crippen LogP contribution in [0.5, 0.6) is 0 Å². The molecule has 5 nitrogen and oxygen atoms in total. The van der Waals surface area contributed by atoms with Crippen LogP contribution in [0.1, 0.15) is 56.2 Å². The van der Waals surface area contributed by atoms with Gasteiger partial charge in [-0.2, -0.15) is 17.8 Å². The number of aryl methyl sites for hydroxylation is 3. The van der Waals surface area contributed by atoms with E-state index in [1.807, 2.05) is 45.0 Å². The average molecular weight is 512 g/mol. The van der Waals surface area contributed by atoms with E-state index in [0.717, 1.165) is 44.1 Å². The molecule has 36 heavy (non-hydrogen) atoms. The lowest BCUT2D eigenvalue weighted by atomic mass is 10.1. The molecule has 3 aromatic rings. The highest BCUT2D eigenvalue weighted by Gasteiger charge is 2.21. The van der Waals surface area contributed by atoms with E-state index in [2.05, 4.69) is 36.4 Å². The fourth-order valence-corrected chi connectivity index (χ4v) is 4.66. The van der Waals surface area contributed by atoms with Crippen molar-refractivity contribution in [3.8, 4) is 0 Å². The highest BCUT2D eigenvalue weighted by Crippen LogP contribution is 2.17. The summed E-state index contributed by atoms with van der Waals surface area (Å²) in [5.41, 5.74) is 3.66. The average Bonchev–Trinajstić information content (AvgIpc) is 2.85. The van der Waals surface area contributed by atoms with Crippen molar-refractivity contribution >= 4 is 10.1 Å². The molecule has 0 aromatic heterocycles. The number of hydroxylamine groups is 2. The van der Waals surface area contributed by atoms with Gasteiger partial charge in [-0.05, 0) is 82.6 Å². The van der Waals surface area contributed by atoms with Crippen molar-refractivity contribution in [3.63, 3.8) is 0 Å². The summed E-state index contributed by atoms with van der Waals surface area (Å²) in [5, 5.41) is 10.5. The van der Waals surface area contributed by atoms with Crippen LogP contribution in [0.15, 0.2) is 89.8 Å². The van der Waals surface area contributed by atoms with Crippen LogP contribution in [0.2, 0.25) is 0 Å². The Morgan fingerprint density at radius 3 is 1.72 bits per heavy atom. The van der Waals surface area contributed by atoms with E-state index in [-0.39, 0.29) is 17.0 Å². The fraction of sp³-hybridized carbons (Fsp3) is 0.400. The third kappa shape index (κ3) is 11.5. The Morgan fingerprint density at radius 2 is 1.25 bits per heavy atom. The molecule has 2 unspecified atom stereocenters. The first-order valence-corrected chi connectivity index (χ1v) is 14.1. The number of aliphatic hydroxyl groups is 1. The zero-order valence-corrected chi connectivity index (χ0v) is 22.8. The van der Waals surface area contributed by atoms with Gasteiger partial charge in [0.2, 0.25) is 0 Å². The first-order chi connectivity index (χ1) is 17.2. The minimum Gasteiger partial charge on any atom is -0.393 e. The normalized spacial score (nSPS) is 13.1. The molecule has 6 heteroatoms. The molecule has 0 saturated heterocycles. The van der Waals surface area contributed by atoms with Crippen LogP contribution in [0.4, 0.5) is 0 Å². The lowest BCUT2D eigenvalue weighted by Crippen LogP contribution is -2.32. The molecule has 0 spiro atoms. The van der Waals surface area contributed by atoms with E-state index in [0.29, 0.717) is 0 Å². The molecule has 0 fully saturated rings. The molecule has 0 aliphatic carbocycles. The van der Waals surface area contributed by atoms with Crippen LogP contribution in [-0.2, 0) is 27.2 Å². The Kier molecular flexibility index (Phi) is 12.9. The Bertz CT molecular complexity index is 1080. The second kappa shape index (κ2) is 15.6. The Labute approximate surface area is 217 Å². The Balaban J connectivity index is 0.000000319. The first kappa shape index (κ1) is 29.7. The third-order valence-electron chi connectivity index (χ3n) is 6.01. The number of benzene rings is 3. The summed E-state index contributed by atoms with van der Waals surface area (Å²) in [6.45, 7) is 5.72. The van der Waals surface area contributed by atoms with Gasteiger partial charge in [0.05, 0.1) is 11.0 Å². The summed E-state index contributed by atoms with van der Waals surface area (Å²) in [5.74, 6) is 0. The SMILES string of the molecule is CC(O)CCCc1ccccc1.Cc1ccc(S(=O)(=O)ON(C)C(C)CCCc2ccccc2)cc1. The zero-order chi connectivity index (χ0) is 26.4. The molecule has 3 aromatic carbocycles. The maximum Gasteiger partial charge on any atom is 0.313 e. The monoisotopic (exact) mass is 511 g/mol. The number of hydrogen-bond acceptors (Lipinski definition) is 5. The van der Waals surface area contributed by atoms with Gasteiger partial charge in [-0.15, -0.1) is 0 Å². The summed E-state index contributed by atoms with van der Waals surface area (Å²) < 4.78 is 29.8. The minimum absolute atomic E-state index is 0.00827. The Morgan fingerprint density at radius 1 is 0.778 bits per heavy atom. The van der Waals surface area contributed by atoms with Crippen molar-refractivity contribution < 1.29 is 17.8 Å². The Hall–Kier alpha value is -2.51. The van der Waals surface area contributed by atoms with Gasteiger partial charge in [-0.3, -0.25) is 0 Å². The second-order valence-corrected chi connectivity index (χ2v) is 10.9. The van der Waals surface area contributed by atoms with Crippen molar-refractivity contribution in [1.82, 2.24) is 5.06 Å². The van der Waals surface area contributed by atoms with Crippen LogP contribution in [0.25, 0.3) is 0 Å². The van der Waals surface area contributed by atoms with Crippen molar-refractivity contribution in [3.05, 3.63) is 102 Å². The predicted molar refractivity (Wildman–Crippen MR) is 147 cm³/mol.